The molecule has 0 aliphatic heterocycles. The van der Waals surface area contributed by atoms with Gasteiger partial charge in [0.1, 0.15) is 0 Å². The van der Waals surface area contributed by atoms with E-state index in [1.165, 1.54) is 4.31 Å². The second-order valence-electron chi connectivity index (χ2n) is 6.79. The molecule has 0 radical (unpaired) electrons. The van der Waals surface area contributed by atoms with Crippen molar-refractivity contribution >= 4 is 27.2 Å². The summed E-state index contributed by atoms with van der Waals surface area (Å²) in [5, 5.41) is 11.4. The number of nitrogens with zero attached hydrogens (tertiary/aromatic N) is 2. The number of aliphatic hydroxyl groups excluding tert-OH is 1. The fraction of sp³-hybridized carbons (Fsp3) is 0.286. The first kappa shape index (κ1) is 20.3. The summed E-state index contributed by atoms with van der Waals surface area (Å²) < 4.78 is 28.8. The van der Waals surface area contributed by atoms with Gasteiger partial charge in [-0.1, -0.05) is 42.8 Å². The molecule has 1 aromatic heterocycles. The van der Waals surface area contributed by atoms with Crippen LogP contribution in [0.15, 0.2) is 59.6 Å². The highest BCUT2D eigenvalue weighted by Crippen LogP contribution is 2.21. The Morgan fingerprint density at radius 1 is 1.14 bits per heavy atom. The lowest BCUT2D eigenvalue weighted by Gasteiger charge is -2.24. The fourth-order valence-corrected chi connectivity index (χ4v) is 4.78. The summed E-state index contributed by atoms with van der Waals surface area (Å²) >= 11 is 0. The highest BCUT2D eigenvalue weighted by Gasteiger charge is 2.25. The molecule has 0 saturated carbocycles. The normalized spacial score (nSPS) is 13.1. The Morgan fingerprint density at radius 2 is 1.82 bits per heavy atom. The van der Waals surface area contributed by atoms with Crippen LogP contribution in [-0.4, -0.2) is 47.9 Å². The molecular weight excluding hydrogens is 376 g/mol. The molecule has 1 heterocycles. The lowest BCUT2D eigenvalue weighted by Crippen LogP contribution is -2.38. The van der Waals surface area contributed by atoms with Crippen LogP contribution in [-0.2, 0) is 16.6 Å². The van der Waals surface area contributed by atoms with Crippen molar-refractivity contribution in [3.8, 4) is 0 Å². The maximum atomic E-state index is 12.9. The molecule has 2 aromatic carbocycles. The Hall–Kier alpha value is -2.48. The number of hydrogen-bond donors (Lipinski definition) is 1. The van der Waals surface area contributed by atoms with Gasteiger partial charge in [0.25, 0.3) is 0 Å². The lowest BCUT2D eigenvalue weighted by atomic mass is 10.2. The molecule has 1 unspecified atom stereocenters. The highest BCUT2D eigenvalue weighted by atomic mass is 32.2. The van der Waals surface area contributed by atoms with Gasteiger partial charge in [-0.2, -0.15) is 4.31 Å². The van der Waals surface area contributed by atoms with Crippen LogP contribution >= 0.6 is 0 Å². The number of carbonyl (C=O) groups is 1. The van der Waals surface area contributed by atoms with Crippen molar-refractivity contribution in [3.05, 3.63) is 65.9 Å². The summed E-state index contributed by atoms with van der Waals surface area (Å²) in [6.07, 6.45) is 1.55. The molecule has 0 saturated heterocycles. The molecular formula is C21H24N2O4S. The number of aryl methyl sites for hydroxylation is 1. The van der Waals surface area contributed by atoms with Crippen molar-refractivity contribution in [2.45, 2.75) is 31.4 Å². The van der Waals surface area contributed by atoms with E-state index in [1.54, 1.807) is 42.0 Å². The van der Waals surface area contributed by atoms with Crippen molar-refractivity contribution in [2.24, 2.45) is 0 Å². The number of rotatable bonds is 8. The monoisotopic (exact) mass is 400 g/mol. The van der Waals surface area contributed by atoms with Crippen LogP contribution in [0.5, 0.6) is 0 Å². The minimum atomic E-state index is -3.69. The van der Waals surface area contributed by atoms with Crippen LogP contribution < -0.4 is 0 Å². The highest BCUT2D eigenvalue weighted by molar-refractivity contribution is 7.89. The van der Waals surface area contributed by atoms with Gasteiger partial charge in [0.2, 0.25) is 10.0 Å². The number of likely N-dealkylation sites (N-methyl/N-ethyl adjacent to an activating group) is 1. The minimum Gasteiger partial charge on any atom is -0.390 e. The molecule has 1 atom stereocenters. The number of sulfonamides is 1. The summed E-state index contributed by atoms with van der Waals surface area (Å²) in [5.74, 6) is 0. The van der Waals surface area contributed by atoms with E-state index < -0.39 is 16.1 Å². The average Bonchev–Trinajstić information content (AvgIpc) is 3.04. The molecule has 7 heteroatoms. The lowest BCUT2D eigenvalue weighted by molar-refractivity contribution is 0.112. The largest absolute Gasteiger partial charge is 0.390 e. The van der Waals surface area contributed by atoms with E-state index in [0.717, 1.165) is 22.8 Å². The van der Waals surface area contributed by atoms with Gasteiger partial charge >= 0.3 is 0 Å². The zero-order valence-corrected chi connectivity index (χ0v) is 16.8. The van der Waals surface area contributed by atoms with E-state index in [2.05, 4.69) is 0 Å². The molecule has 3 aromatic rings. The number of para-hydroxylation sites is 1. The third-order valence-corrected chi connectivity index (χ3v) is 6.73. The molecule has 1 N–H and O–H groups in total. The van der Waals surface area contributed by atoms with Crippen LogP contribution in [0.3, 0.4) is 0 Å². The van der Waals surface area contributed by atoms with E-state index in [-0.39, 0.29) is 24.5 Å². The minimum absolute atomic E-state index is 0.0321. The molecule has 0 spiro atoms. The van der Waals surface area contributed by atoms with Gasteiger partial charge in [-0.25, -0.2) is 8.42 Å². The first-order valence-electron chi connectivity index (χ1n) is 9.14. The smallest absolute Gasteiger partial charge is 0.243 e. The number of carbonyl (C=O) groups excluding carboxylic acids is 1. The Morgan fingerprint density at radius 3 is 2.46 bits per heavy atom. The van der Waals surface area contributed by atoms with Gasteiger partial charge in [0.15, 0.2) is 6.29 Å². The van der Waals surface area contributed by atoms with Crippen LogP contribution in [0.1, 0.15) is 22.8 Å². The molecule has 0 fully saturated rings. The Balaban J connectivity index is 1.80. The molecule has 6 nitrogen and oxygen atoms in total. The topological polar surface area (TPSA) is 79.6 Å². The van der Waals surface area contributed by atoms with E-state index in [4.69, 9.17) is 0 Å². The van der Waals surface area contributed by atoms with Gasteiger partial charge in [-0.05, 0) is 25.1 Å². The quantitative estimate of drug-likeness (QED) is 0.590. The number of aromatic nitrogens is 1. The molecule has 0 aliphatic rings. The van der Waals surface area contributed by atoms with E-state index in [1.807, 2.05) is 31.2 Å². The van der Waals surface area contributed by atoms with Crippen molar-refractivity contribution in [1.29, 1.82) is 0 Å². The maximum absolute atomic E-state index is 12.9. The fourth-order valence-electron chi connectivity index (χ4n) is 3.30. The standard InChI is InChI=1S/C21H24N2O4S/c1-3-23(28(26,27)19-10-8-16(2)9-11-19)14-18(25)13-22-12-17(15-24)20-6-4-5-7-21(20)22/h4-12,15,18,25H,3,13-14H2,1-2H3. The summed E-state index contributed by atoms with van der Waals surface area (Å²) in [4.78, 5) is 11.5. The van der Waals surface area contributed by atoms with Gasteiger partial charge < -0.3 is 9.67 Å². The van der Waals surface area contributed by atoms with Gasteiger partial charge in [-0.3, -0.25) is 4.79 Å². The van der Waals surface area contributed by atoms with Crippen LogP contribution in [0.25, 0.3) is 10.9 Å². The number of aliphatic hydroxyl groups is 1. The first-order chi connectivity index (χ1) is 13.4. The Kier molecular flexibility index (Phi) is 5.98. The second-order valence-corrected chi connectivity index (χ2v) is 8.73. The number of fused-ring (bicyclic) bond motifs is 1. The van der Waals surface area contributed by atoms with E-state index in [9.17, 15) is 18.3 Å². The van der Waals surface area contributed by atoms with Crippen molar-refractivity contribution < 1.29 is 18.3 Å². The van der Waals surface area contributed by atoms with E-state index >= 15 is 0 Å². The predicted octanol–water partition coefficient (Wildman–Crippen LogP) is 2.83. The predicted molar refractivity (Wildman–Crippen MR) is 109 cm³/mol. The summed E-state index contributed by atoms with van der Waals surface area (Å²) in [7, 11) is -3.69. The molecule has 0 amide bonds. The summed E-state index contributed by atoms with van der Waals surface area (Å²) in [6, 6.07) is 14.1. The van der Waals surface area contributed by atoms with Crippen molar-refractivity contribution in [1.82, 2.24) is 8.87 Å². The molecule has 3 rings (SSSR count). The first-order valence-corrected chi connectivity index (χ1v) is 10.6. The van der Waals surface area contributed by atoms with Crippen LogP contribution in [0.2, 0.25) is 0 Å². The Bertz CT molecular complexity index is 1070. The molecule has 0 aliphatic carbocycles. The summed E-state index contributed by atoms with van der Waals surface area (Å²) in [6.45, 7) is 4.05. The van der Waals surface area contributed by atoms with Crippen LogP contribution in [0.4, 0.5) is 0 Å². The number of benzene rings is 2. The second kappa shape index (κ2) is 8.26. The Labute approximate surface area is 165 Å². The van der Waals surface area contributed by atoms with Gasteiger partial charge in [0.05, 0.1) is 11.0 Å². The van der Waals surface area contributed by atoms with Crippen molar-refractivity contribution in [3.63, 3.8) is 0 Å². The summed E-state index contributed by atoms with van der Waals surface area (Å²) in [5.41, 5.74) is 2.35. The average molecular weight is 401 g/mol. The van der Waals surface area contributed by atoms with E-state index in [0.29, 0.717) is 5.56 Å². The number of hydrogen-bond acceptors (Lipinski definition) is 4. The van der Waals surface area contributed by atoms with Gasteiger partial charge in [0, 0.05) is 42.3 Å². The maximum Gasteiger partial charge on any atom is 0.243 e. The zero-order chi connectivity index (χ0) is 20.3. The van der Waals surface area contributed by atoms with Crippen LogP contribution in [0, 0.1) is 6.92 Å². The molecule has 148 valence electrons. The zero-order valence-electron chi connectivity index (χ0n) is 15.9. The third-order valence-electron chi connectivity index (χ3n) is 4.78. The SMILES string of the molecule is CCN(CC(O)Cn1cc(C=O)c2ccccc21)S(=O)(=O)c1ccc(C)cc1. The number of aldehydes is 1. The molecule has 0 bridgehead atoms. The molecule has 28 heavy (non-hydrogen) atoms. The van der Waals surface area contributed by atoms with Crippen molar-refractivity contribution in [2.75, 3.05) is 13.1 Å². The van der Waals surface area contributed by atoms with Gasteiger partial charge in [-0.15, -0.1) is 0 Å². The third kappa shape index (κ3) is 4.01.